The van der Waals surface area contributed by atoms with Crippen LogP contribution in [0.1, 0.15) is 40.5 Å². The van der Waals surface area contributed by atoms with Crippen molar-refractivity contribution in [1.82, 2.24) is 0 Å². The third kappa shape index (κ3) is 2.17. The fraction of sp³-hybridized carbons (Fsp3) is 0.950. The van der Waals surface area contributed by atoms with E-state index in [2.05, 4.69) is 0 Å². The monoisotopic (exact) mass is 416 g/mol. The predicted molar refractivity (Wildman–Crippen MR) is 97.1 cm³/mol. The Morgan fingerprint density at radius 2 is 1.59 bits per heavy atom. The normalized spacial score (nSPS) is 64.7. The quantitative estimate of drug-likeness (QED) is 0.219. The van der Waals surface area contributed by atoms with Crippen molar-refractivity contribution in [2.75, 3.05) is 0 Å². The van der Waals surface area contributed by atoms with Crippen molar-refractivity contribution in [2.24, 2.45) is 28.6 Å². The first-order valence-corrected chi connectivity index (χ1v) is 10.2. The van der Waals surface area contributed by atoms with E-state index in [0.717, 1.165) is 0 Å². The van der Waals surface area contributed by atoms with Gasteiger partial charge in [0, 0.05) is 29.1 Å². The van der Waals surface area contributed by atoms with E-state index in [1.165, 1.54) is 13.8 Å². The lowest BCUT2D eigenvalue weighted by atomic mass is 9.35. The lowest BCUT2D eigenvalue weighted by Crippen LogP contribution is -2.84. The summed E-state index contributed by atoms with van der Waals surface area (Å²) in [4.78, 5) is 12.4. The number of hydrogen-bond acceptors (Lipinski definition) is 9. The molecule has 1 saturated heterocycles. The third-order valence-corrected chi connectivity index (χ3v) is 9.22. The van der Waals surface area contributed by atoms with Crippen molar-refractivity contribution in [3.63, 3.8) is 0 Å². The summed E-state index contributed by atoms with van der Waals surface area (Å²) >= 11 is 0. The van der Waals surface area contributed by atoms with Crippen LogP contribution in [-0.4, -0.2) is 89.5 Å². The van der Waals surface area contributed by atoms with Gasteiger partial charge < -0.3 is 40.5 Å². The van der Waals surface area contributed by atoms with Gasteiger partial charge in [0.1, 0.15) is 11.7 Å². The first kappa shape index (κ1) is 21.4. The van der Waals surface area contributed by atoms with Gasteiger partial charge in [-0.1, -0.05) is 20.8 Å². The van der Waals surface area contributed by atoms with E-state index in [4.69, 9.17) is 4.74 Å². The number of carbonyl (C=O) groups excluding carboxylic acids is 1. The van der Waals surface area contributed by atoms with Crippen LogP contribution in [0.25, 0.3) is 0 Å². The Hall–Kier alpha value is -0.810. The van der Waals surface area contributed by atoms with Crippen molar-refractivity contribution in [3.05, 3.63) is 0 Å². The largest absolute Gasteiger partial charge is 0.460 e. The number of ether oxygens (including phenoxy) is 1. The van der Waals surface area contributed by atoms with E-state index in [1.807, 2.05) is 0 Å². The third-order valence-electron chi connectivity index (χ3n) is 9.22. The number of aliphatic hydroxyl groups excluding tert-OH is 5. The molecule has 9 nitrogen and oxygen atoms in total. The second-order valence-corrected chi connectivity index (χ2v) is 10.4. The van der Waals surface area contributed by atoms with E-state index >= 15 is 0 Å². The van der Waals surface area contributed by atoms with E-state index in [9.17, 15) is 40.5 Å². The fourth-order valence-electron chi connectivity index (χ4n) is 7.75. The molecule has 0 aromatic heterocycles. The topological polar surface area (TPSA) is 168 Å². The Morgan fingerprint density at radius 1 is 1.00 bits per heavy atom. The Balaban J connectivity index is 1.99. The maximum absolute atomic E-state index is 12.4. The summed E-state index contributed by atoms with van der Waals surface area (Å²) in [6.07, 6.45) is -8.59. The average molecular weight is 416 g/mol. The Morgan fingerprint density at radius 3 is 2.17 bits per heavy atom. The van der Waals surface area contributed by atoms with Crippen molar-refractivity contribution in [2.45, 2.75) is 88.4 Å². The van der Waals surface area contributed by atoms with Crippen molar-refractivity contribution in [1.29, 1.82) is 0 Å². The van der Waals surface area contributed by atoms with Gasteiger partial charge in [-0.15, -0.1) is 0 Å². The van der Waals surface area contributed by atoms with Crippen LogP contribution in [0.15, 0.2) is 0 Å². The number of aliphatic hydroxyl groups is 7. The Labute approximate surface area is 168 Å². The Bertz CT molecular complexity index is 727. The van der Waals surface area contributed by atoms with Crippen LogP contribution in [0.4, 0.5) is 0 Å². The summed E-state index contributed by atoms with van der Waals surface area (Å²) in [6, 6.07) is 0. The molecule has 0 aromatic carbocycles. The molecule has 0 bridgehead atoms. The van der Waals surface area contributed by atoms with E-state index < -0.39 is 82.4 Å². The molecule has 0 amide bonds. The van der Waals surface area contributed by atoms with Gasteiger partial charge in [-0.3, -0.25) is 0 Å². The van der Waals surface area contributed by atoms with Crippen LogP contribution in [0.5, 0.6) is 0 Å². The van der Waals surface area contributed by atoms with E-state index in [1.54, 1.807) is 13.8 Å². The van der Waals surface area contributed by atoms with Gasteiger partial charge in [-0.25, -0.2) is 4.79 Å². The van der Waals surface area contributed by atoms with Crippen LogP contribution >= 0.6 is 0 Å². The van der Waals surface area contributed by atoms with Crippen LogP contribution in [0, 0.1) is 28.6 Å². The van der Waals surface area contributed by atoms with Crippen molar-refractivity contribution >= 4 is 5.97 Å². The number of hydrogen-bond donors (Lipinski definition) is 7. The molecule has 1 aliphatic heterocycles. The minimum absolute atomic E-state index is 0.0661. The highest BCUT2D eigenvalue weighted by Gasteiger charge is 2.80. The summed E-state index contributed by atoms with van der Waals surface area (Å²) in [6.45, 7) is 6.16. The molecule has 4 fully saturated rings. The molecule has 4 rings (SSSR count). The first-order valence-electron chi connectivity index (χ1n) is 10.2. The van der Waals surface area contributed by atoms with Gasteiger partial charge in [0.05, 0.1) is 30.0 Å². The number of fused-ring (bicyclic) bond motifs is 2. The Kier molecular flexibility index (Phi) is 4.36. The maximum Gasteiger partial charge on any atom is 0.338 e. The SMILES string of the molecule is C[C@@H]1[C@@H](O)[C@@H](O)[C@H]2[C@@]3(C)[C@H](O)[C@@H](O)C[C@@](C)(O)[C@@H]3C[C@H]3OC(=O)[C@H](O)[C@]1(O)[C@]32C. The molecule has 13 atom stereocenters. The highest BCUT2D eigenvalue weighted by molar-refractivity contribution is 5.78. The fourth-order valence-corrected chi connectivity index (χ4v) is 7.75. The maximum atomic E-state index is 12.4. The molecule has 29 heavy (non-hydrogen) atoms. The van der Waals surface area contributed by atoms with Crippen molar-refractivity contribution < 1.29 is 45.3 Å². The van der Waals surface area contributed by atoms with Gasteiger partial charge in [-0.05, 0) is 19.3 Å². The van der Waals surface area contributed by atoms with Crippen LogP contribution in [-0.2, 0) is 9.53 Å². The minimum atomic E-state index is -2.14. The second kappa shape index (κ2) is 5.91. The molecular weight excluding hydrogens is 384 g/mol. The second-order valence-electron chi connectivity index (χ2n) is 10.4. The molecule has 1 heterocycles. The molecule has 9 heteroatoms. The van der Waals surface area contributed by atoms with Gasteiger partial charge in [0.15, 0.2) is 6.10 Å². The zero-order valence-corrected chi connectivity index (χ0v) is 17.1. The zero-order valence-electron chi connectivity index (χ0n) is 17.1. The lowest BCUT2D eigenvalue weighted by Gasteiger charge is -2.73. The molecule has 0 spiro atoms. The molecular formula is C20H32O9. The zero-order chi connectivity index (χ0) is 21.9. The molecule has 7 N–H and O–H groups in total. The summed E-state index contributed by atoms with van der Waals surface area (Å²) in [7, 11) is 0. The molecule has 0 radical (unpaired) electrons. The summed E-state index contributed by atoms with van der Waals surface area (Å²) in [5.74, 6) is -3.90. The standard InChI is InChI=1S/C20H32O9/c1-7-11(22)12(23)13-18(3)9(17(2,27)6-8(21)14(18)24)5-10-19(13,4)20(7,28)15(25)16(26)29-10/h7-15,21-25,27-28H,5-6H2,1-4H3/t7-,8+,9+,10-,11-,12-,13+,14-,15+,17-,18+,19-,20+/m1/s1. The molecule has 4 aliphatic rings. The van der Waals surface area contributed by atoms with Gasteiger partial charge in [-0.2, -0.15) is 0 Å². The molecule has 0 unspecified atom stereocenters. The van der Waals surface area contributed by atoms with Crippen molar-refractivity contribution in [3.8, 4) is 0 Å². The molecule has 0 aromatic rings. The number of carbonyl (C=O) groups is 1. The smallest absolute Gasteiger partial charge is 0.338 e. The van der Waals surface area contributed by atoms with Crippen LogP contribution < -0.4 is 0 Å². The lowest BCUT2D eigenvalue weighted by molar-refractivity contribution is -0.378. The van der Waals surface area contributed by atoms with Crippen LogP contribution in [0.3, 0.4) is 0 Å². The summed E-state index contributed by atoms with van der Waals surface area (Å²) < 4.78 is 5.49. The number of rotatable bonds is 0. The van der Waals surface area contributed by atoms with E-state index in [0.29, 0.717) is 0 Å². The molecule has 3 saturated carbocycles. The predicted octanol–water partition coefficient (Wildman–Crippen LogP) is -2.10. The van der Waals surface area contributed by atoms with E-state index in [-0.39, 0.29) is 12.8 Å². The first-order chi connectivity index (χ1) is 13.2. The van der Waals surface area contributed by atoms with Gasteiger partial charge in [0.25, 0.3) is 0 Å². The molecule has 3 aliphatic carbocycles. The van der Waals surface area contributed by atoms with Crippen LogP contribution in [0.2, 0.25) is 0 Å². The highest BCUT2D eigenvalue weighted by atomic mass is 16.6. The average Bonchev–Trinajstić information content (AvgIpc) is 2.63. The summed E-state index contributed by atoms with van der Waals surface area (Å²) in [5.41, 5.74) is -6.39. The molecule has 166 valence electrons. The van der Waals surface area contributed by atoms with Gasteiger partial charge in [0.2, 0.25) is 0 Å². The summed E-state index contributed by atoms with van der Waals surface area (Å²) in [5, 5.41) is 77.0. The number of esters is 1. The minimum Gasteiger partial charge on any atom is -0.460 e. The van der Waals surface area contributed by atoms with Gasteiger partial charge >= 0.3 is 5.97 Å². The highest BCUT2D eigenvalue weighted by Crippen LogP contribution is 2.70.